The molecule has 0 unspecified atom stereocenters. The van der Waals surface area contributed by atoms with Crippen molar-refractivity contribution >= 4 is 22.6 Å². The van der Waals surface area contributed by atoms with E-state index in [4.69, 9.17) is 4.74 Å². The molecule has 1 heterocycles. The van der Waals surface area contributed by atoms with Crippen molar-refractivity contribution < 1.29 is 14.3 Å². The molecule has 1 aromatic heterocycles. The lowest BCUT2D eigenvalue weighted by molar-refractivity contribution is -0.133. The number of aryl methyl sites for hydroxylation is 3. The molecule has 29 heavy (non-hydrogen) atoms. The van der Waals surface area contributed by atoms with Gasteiger partial charge in [-0.2, -0.15) is 5.10 Å². The van der Waals surface area contributed by atoms with Crippen molar-refractivity contribution in [3.63, 3.8) is 0 Å². The number of esters is 1. The van der Waals surface area contributed by atoms with Gasteiger partial charge < -0.3 is 9.64 Å². The van der Waals surface area contributed by atoms with Gasteiger partial charge in [0.15, 0.2) is 12.3 Å². The first kappa shape index (κ1) is 20.3. The molecule has 7 heteroatoms. The fourth-order valence-electron chi connectivity index (χ4n) is 3.12. The normalized spacial score (nSPS) is 10.8. The highest BCUT2D eigenvalue weighted by Crippen LogP contribution is 2.15. The fraction of sp³-hybridized carbons (Fsp3) is 0.273. The van der Waals surface area contributed by atoms with E-state index in [-0.39, 0.29) is 17.2 Å². The Bertz CT molecular complexity index is 1150. The summed E-state index contributed by atoms with van der Waals surface area (Å²) in [6, 6.07) is 12.7. The van der Waals surface area contributed by atoms with Gasteiger partial charge in [0.1, 0.15) is 0 Å². The number of likely N-dealkylation sites (N-methyl/N-ethyl adjacent to an activating group) is 1. The SMILES string of the molecule is Cc1ccc(CN(C)C(=O)COC(=O)c2nn(C)c(=O)c3ccccc23)c(C)c1. The second-order valence-electron chi connectivity index (χ2n) is 7.08. The van der Waals surface area contributed by atoms with Crippen LogP contribution in [0, 0.1) is 13.8 Å². The van der Waals surface area contributed by atoms with Crippen molar-refractivity contribution in [2.24, 2.45) is 7.05 Å². The van der Waals surface area contributed by atoms with Crippen molar-refractivity contribution in [2.45, 2.75) is 20.4 Å². The Morgan fingerprint density at radius 3 is 2.48 bits per heavy atom. The summed E-state index contributed by atoms with van der Waals surface area (Å²) in [6.45, 7) is 4.03. The van der Waals surface area contributed by atoms with Gasteiger partial charge in [-0.05, 0) is 31.0 Å². The molecule has 0 aliphatic carbocycles. The monoisotopic (exact) mass is 393 g/mol. The third-order valence-corrected chi connectivity index (χ3v) is 4.81. The Morgan fingerprint density at radius 2 is 1.79 bits per heavy atom. The predicted octanol–water partition coefficient (Wildman–Crippen LogP) is 2.37. The number of carbonyl (C=O) groups is 2. The van der Waals surface area contributed by atoms with Gasteiger partial charge in [-0.1, -0.05) is 42.0 Å². The number of hydrogen-bond donors (Lipinski definition) is 0. The van der Waals surface area contributed by atoms with Crippen LogP contribution in [0.5, 0.6) is 0 Å². The number of nitrogens with zero attached hydrogens (tertiary/aromatic N) is 3. The first-order valence-electron chi connectivity index (χ1n) is 9.21. The van der Waals surface area contributed by atoms with E-state index in [0.717, 1.165) is 21.4 Å². The number of amides is 1. The molecule has 0 spiro atoms. The van der Waals surface area contributed by atoms with Crippen LogP contribution in [0.1, 0.15) is 27.2 Å². The summed E-state index contributed by atoms with van der Waals surface area (Å²) in [5, 5.41) is 4.79. The maximum Gasteiger partial charge on any atom is 0.359 e. The van der Waals surface area contributed by atoms with E-state index in [1.807, 2.05) is 26.0 Å². The lowest BCUT2D eigenvalue weighted by atomic mass is 10.1. The standard InChI is InChI=1S/C22H23N3O4/c1-14-9-10-16(15(2)11-14)12-24(3)19(26)13-29-22(28)20-17-7-5-6-8-18(17)21(27)25(4)23-20/h5-11H,12-13H2,1-4H3. The van der Waals surface area contributed by atoms with E-state index < -0.39 is 12.6 Å². The highest BCUT2D eigenvalue weighted by atomic mass is 16.5. The molecule has 0 saturated carbocycles. The van der Waals surface area contributed by atoms with Gasteiger partial charge in [0, 0.05) is 26.0 Å². The number of aromatic nitrogens is 2. The molecular formula is C22H23N3O4. The molecule has 0 aliphatic heterocycles. The molecule has 0 fully saturated rings. The summed E-state index contributed by atoms with van der Waals surface area (Å²) >= 11 is 0. The van der Waals surface area contributed by atoms with E-state index in [0.29, 0.717) is 17.3 Å². The van der Waals surface area contributed by atoms with Crippen molar-refractivity contribution in [1.29, 1.82) is 0 Å². The number of fused-ring (bicyclic) bond motifs is 1. The van der Waals surface area contributed by atoms with Crippen LogP contribution >= 0.6 is 0 Å². The molecule has 2 aromatic carbocycles. The number of rotatable bonds is 5. The minimum Gasteiger partial charge on any atom is -0.451 e. The van der Waals surface area contributed by atoms with Crippen LogP contribution in [0.25, 0.3) is 10.8 Å². The first-order valence-corrected chi connectivity index (χ1v) is 9.21. The van der Waals surface area contributed by atoms with Gasteiger partial charge in [-0.25, -0.2) is 9.48 Å². The molecule has 3 aromatic rings. The summed E-state index contributed by atoms with van der Waals surface area (Å²) in [6.07, 6.45) is 0. The Labute approximate surface area is 168 Å². The highest BCUT2D eigenvalue weighted by molar-refractivity contribution is 6.02. The van der Waals surface area contributed by atoms with Crippen LogP contribution in [-0.4, -0.2) is 40.2 Å². The van der Waals surface area contributed by atoms with Crippen molar-refractivity contribution in [2.75, 3.05) is 13.7 Å². The molecule has 0 N–H and O–H groups in total. The minimum atomic E-state index is -0.745. The second-order valence-corrected chi connectivity index (χ2v) is 7.08. The summed E-state index contributed by atoms with van der Waals surface area (Å²) in [5.74, 6) is -1.07. The van der Waals surface area contributed by atoms with Gasteiger partial charge in [-0.3, -0.25) is 9.59 Å². The van der Waals surface area contributed by atoms with E-state index in [1.54, 1.807) is 31.3 Å². The van der Waals surface area contributed by atoms with Crippen LogP contribution < -0.4 is 5.56 Å². The topological polar surface area (TPSA) is 81.5 Å². The fourth-order valence-corrected chi connectivity index (χ4v) is 3.12. The van der Waals surface area contributed by atoms with E-state index in [1.165, 1.54) is 11.9 Å². The Hall–Kier alpha value is -3.48. The van der Waals surface area contributed by atoms with Crippen LogP contribution in [0.2, 0.25) is 0 Å². The Kier molecular flexibility index (Phi) is 5.77. The van der Waals surface area contributed by atoms with Crippen LogP contribution in [0.3, 0.4) is 0 Å². The van der Waals surface area contributed by atoms with Gasteiger partial charge >= 0.3 is 5.97 Å². The average Bonchev–Trinajstić information content (AvgIpc) is 2.70. The van der Waals surface area contributed by atoms with E-state index in [9.17, 15) is 14.4 Å². The quantitative estimate of drug-likeness (QED) is 0.622. The highest BCUT2D eigenvalue weighted by Gasteiger charge is 2.19. The van der Waals surface area contributed by atoms with Gasteiger partial charge in [0.05, 0.1) is 5.39 Å². The molecule has 1 amide bonds. The summed E-state index contributed by atoms with van der Waals surface area (Å²) in [5.41, 5.74) is 2.99. The molecule has 0 aliphatic rings. The molecule has 0 radical (unpaired) electrons. The maximum atomic E-state index is 12.5. The first-order chi connectivity index (χ1) is 13.8. The van der Waals surface area contributed by atoms with E-state index in [2.05, 4.69) is 11.2 Å². The van der Waals surface area contributed by atoms with Gasteiger partial charge in [0.25, 0.3) is 11.5 Å². The molecular weight excluding hydrogens is 370 g/mol. The molecule has 7 nitrogen and oxygen atoms in total. The lowest BCUT2D eigenvalue weighted by Crippen LogP contribution is -2.31. The molecule has 0 saturated heterocycles. The van der Waals surface area contributed by atoms with Crippen LogP contribution in [0.15, 0.2) is 47.3 Å². The van der Waals surface area contributed by atoms with Crippen molar-refractivity contribution in [3.8, 4) is 0 Å². The minimum absolute atomic E-state index is 0.00697. The average molecular weight is 393 g/mol. The third kappa shape index (κ3) is 4.34. The zero-order valence-corrected chi connectivity index (χ0v) is 16.9. The number of ether oxygens (including phenoxy) is 1. The zero-order chi connectivity index (χ0) is 21.1. The van der Waals surface area contributed by atoms with Gasteiger partial charge in [0.2, 0.25) is 0 Å². The summed E-state index contributed by atoms with van der Waals surface area (Å²) in [7, 11) is 3.13. The lowest BCUT2D eigenvalue weighted by Gasteiger charge is -2.19. The number of hydrogen-bond acceptors (Lipinski definition) is 5. The predicted molar refractivity (Wildman–Crippen MR) is 110 cm³/mol. The van der Waals surface area contributed by atoms with Crippen LogP contribution in [-0.2, 0) is 23.1 Å². The van der Waals surface area contributed by atoms with E-state index >= 15 is 0 Å². The Morgan fingerprint density at radius 1 is 1.10 bits per heavy atom. The van der Waals surface area contributed by atoms with Gasteiger partial charge in [-0.15, -0.1) is 0 Å². The molecule has 0 atom stereocenters. The third-order valence-electron chi connectivity index (χ3n) is 4.81. The number of benzene rings is 2. The smallest absolute Gasteiger partial charge is 0.359 e. The Balaban J connectivity index is 1.70. The largest absolute Gasteiger partial charge is 0.451 e. The van der Waals surface area contributed by atoms with Crippen molar-refractivity contribution in [3.05, 3.63) is 75.2 Å². The van der Waals surface area contributed by atoms with Crippen LogP contribution in [0.4, 0.5) is 0 Å². The number of carbonyl (C=O) groups excluding carboxylic acids is 2. The molecule has 3 rings (SSSR count). The van der Waals surface area contributed by atoms with Crippen molar-refractivity contribution in [1.82, 2.24) is 14.7 Å². The summed E-state index contributed by atoms with van der Waals surface area (Å²) in [4.78, 5) is 38.6. The molecule has 150 valence electrons. The molecule has 0 bridgehead atoms. The summed E-state index contributed by atoms with van der Waals surface area (Å²) < 4.78 is 6.28. The maximum absolute atomic E-state index is 12.5. The second kappa shape index (κ2) is 8.26. The zero-order valence-electron chi connectivity index (χ0n) is 16.9.